The molecule has 0 atom stereocenters. The molecule has 8 heteroatoms. The van der Waals surface area contributed by atoms with Crippen molar-refractivity contribution in [2.24, 2.45) is 5.73 Å². The van der Waals surface area contributed by atoms with Gasteiger partial charge in [-0.25, -0.2) is 4.68 Å². The summed E-state index contributed by atoms with van der Waals surface area (Å²) in [6.07, 6.45) is 5.89. The minimum Gasteiger partial charge on any atom is -0.332 e. The summed E-state index contributed by atoms with van der Waals surface area (Å²) in [7, 11) is 0. The number of benzene rings is 1. The smallest absolute Gasteiger partial charge is 0.278 e. The Labute approximate surface area is 154 Å². The zero-order valence-electron chi connectivity index (χ0n) is 12.9. The van der Waals surface area contributed by atoms with Crippen LogP contribution in [0.4, 0.5) is 0 Å². The third-order valence-corrected chi connectivity index (χ3v) is 4.74. The molecule has 0 amide bonds. The van der Waals surface area contributed by atoms with Crippen molar-refractivity contribution in [3.05, 3.63) is 46.8 Å². The molecule has 4 rings (SSSR count). The Bertz CT molecular complexity index is 840. The molecule has 6 nitrogen and oxygen atoms in total. The van der Waals surface area contributed by atoms with Crippen LogP contribution in [0.3, 0.4) is 0 Å². The van der Waals surface area contributed by atoms with E-state index in [-0.39, 0.29) is 12.4 Å². The number of rotatable bonds is 3. The number of hydrogen-bond acceptors (Lipinski definition) is 5. The van der Waals surface area contributed by atoms with Gasteiger partial charge in [-0.1, -0.05) is 40.0 Å². The normalized spacial score (nSPS) is 16.1. The highest BCUT2D eigenvalue weighted by atomic mass is 79.9. The maximum absolute atomic E-state index is 6.37. The van der Waals surface area contributed by atoms with E-state index in [0.717, 1.165) is 35.8 Å². The summed E-state index contributed by atoms with van der Waals surface area (Å²) in [4.78, 5) is 4.47. The molecule has 1 aliphatic carbocycles. The van der Waals surface area contributed by atoms with Crippen molar-refractivity contribution in [2.75, 3.05) is 0 Å². The minimum atomic E-state index is -0.450. The number of aromatic nitrogens is 4. The lowest BCUT2D eigenvalue weighted by atomic mass is 9.99. The van der Waals surface area contributed by atoms with Crippen LogP contribution in [0.1, 0.15) is 31.5 Å². The van der Waals surface area contributed by atoms with Gasteiger partial charge in [0, 0.05) is 10.7 Å². The lowest BCUT2D eigenvalue weighted by Crippen LogP contribution is -2.34. The number of hydrogen-bond donors (Lipinski definition) is 1. The van der Waals surface area contributed by atoms with Gasteiger partial charge in [-0.2, -0.15) is 10.1 Å². The molecule has 0 bridgehead atoms. The van der Waals surface area contributed by atoms with Crippen LogP contribution in [0.25, 0.3) is 17.3 Å². The Morgan fingerprint density at radius 1 is 1.21 bits per heavy atom. The summed E-state index contributed by atoms with van der Waals surface area (Å²) in [6, 6.07) is 9.76. The third-order valence-electron chi connectivity index (χ3n) is 4.25. The van der Waals surface area contributed by atoms with Gasteiger partial charge in [-0.15, -0.1) is 12.4 Å². The van der Waals surface area contributed by atoms with Crippen molar-refractivity contribution >= 4 is 28.3 Å². The van der Waals surface area contributed by atoms with E-state index >= 15 is 0 Å². The van der Waals surface area contributed by atoms with Gasteiger partial charge in [0.2, 0.25) is 0 Å². The molecule has 2 N–H and O–H groups in total. The molecule has 0 spiro atoms. The predicted octanol–water partition coefficient (Wildman–Crippen LogP) is 3.83. The molecule has 3 aromatic rings. The first-order valence-corrected chi connectivity index (χ1v) is 8.38. The summed E-state index contributed by atoms with van der Waals surface area (Å²) in [5, 5.41) is 8.59. The van der Waals surface area contributed by atoms with Crippen LogP contribution < -0.4 is 5.73 Å². The van der Waals surface area contributed by atoms with Crippen LogP contribution in [0, 0.1) is 0 Å². The molecule has 0 radical (unpaired) electrons. The van der Waals surface area contributed by atoms with E-state index in [1.165, 1.54) is 0 Å². The second kappa shape index (κ2) is 6.66. The van der Waals surface area contributed by atoms with E-state index < -0.39 is 5.54 Å². The molecule has 1 fully saturated rings. The van der Waals surface area contributed by atoms with Crippen LogP contribution >= 0.6 is 28.3 Å². The van der Waals surface area contributed by atoms with Crippen LogP contribution in [-0.4, -0.2) is 19.9 Å². The largest absolute Gasteiger partial charge is 0.332 e. The van der Waals surface area contributed by atoms with Gasteiger partial charge in [0.05, 0.1) is 11.2 Å². The Morgan fingerprint density at radius 3 is 2.75 bits per heavy atom. The molecule has 0 saturated heterocycles. The second-order valence-electron chi connectivity index (χ2n) is 5.91. The average Bonchev–Trinajstić information content (AvgIpc) is 3.27. The summed E-state index contributed by atoms with van der Waals surface area (Å²) in [5.74, 6) is 0.993. The van der Waals surface area contributed by atoms with E-state index in [1.54, 1.807) is 4.68 Å². The second-order valence-corrected chi connectivity index (χ2v) is 6.83. The Hall–Kier alpha value is -1.70. The van der Waals surface area contributed by atoms with Gasteiger partial charge in [-0.3, -0.25) is 0 Å². The van der Waals surface area contributed by atoms with Gasteiger partial charge in [-0.05, 0) is 37.1 Å². The highest BCUT2D eigenvalue weighted by molar-refractivity contribution is 9.10. The van der Waals surface area contributed by atoms with E-state index in [2.05, 4.69) is 31.2 Å². The first-order valence-electron chi connectivity index (χ1n) is 7.59. The predicted molar refractivity (Wildman–Crippen MR) is 96.1 cm³/mol. The molecular weight excluding hydrogens is 394 g/mol. The van der Waals surface area contributed by atoms with Gasteiger partial charge < -0.3 is 10.3 Å². The Balaban J connectivity index is 0.00000169. The monoisotopic (exact) mass is 409 g/mol. The molecule has 0 aliphatic heterocycles. The maximum atomic E-state index is 6.37. The Morgan fingerprint density at radius 2 is 2.00 bits per heavy atom. The molecule has 2 aromatic heterocycles. The number of nitrogens with two attached hydrogens (primary N) is 1. The fourth-order valence-electron chi connectivity index (χ4n) is 2.96. The number of nitrogens with zero attached hydrogens (tertiary/aromatic N) is 4. The SMILES string of the molecule is Cl.NC1(c2noc(-c3ccn(-c4cccc(Br)c4)n3)n2)CCCC1. The fraction of sp³-hybridized carbons (Fsp3) is 0.312. The topological polar surface area (TPSA) is 82.8 Å². The minimum absolute atomic E-state index is 0. The molecular formula is C16H17BrClN5O. The highest BCUT2D eigenvalue weighted by Crippen LogP contribution is 2.35. The molecule has 24 heavy (non-hydrogen) atoms. The van der Waals surface area contributed by atoms with E-state index in [4.69, 9.17) is 10.3 Å². The molecule has 2 heterocycles. The first kappa shape index (κ1) is 17.1. The van der Waals surface area contributed by atoms with Crippen molar-refractivity contribution in [3.63, 3.8) is 0 Å². The van der Waals surface area contributed by atoms with Crippen LogP contribution in [0.5, 0.6) is 0 Å². The number of halogens is 2. The molecule has 1 aromatic carbocycles. The van der Waals surface area contributed by atoms with Crippen molar-refractivity contribution < 1.29 is 4.52 Å². The summed E-state index contributed by atoms with van der Waals surface area (Å²) in [6.45, 7) is 0. The molecule has 1 saturated carbocycles. The quantitative estimate of drug-likeness (QED) is 0.709. The van der Waals surface area contributed by atoms with Crippen LogP contribution in [0.15, 0.2) is 45.5 Å². The van der Waals surface area contributed by atoms with Crippen molar-refractivity contribution in [1.82, 2.24) is 19.9 Å². The zero-order valence-corrected chi connectivity index (χ0v) is 15.3. The van der Waals surface area contributed by atoms with E-state index in [1.807, 2.05) is 36.5 Å². The summed E-state index contributed by atoms with van der Waals surface area (Å²) < 4.78 is 8.15. The lowest BCUT2D eigenvalue weighted by molar-refractivity contribution is 0.372. The highest BCUT2D eigenvalue weighted by Gasteiger charge is 2.36. The molecule has 126 valence electrons. The maximum Gasteiger partial charge on any atom is 0.278 e. The van der Waals surface area contributed by atoms with Crippen molar-refractivity contribution in [2.45, 2.75) is 31.2 Å². The van der Waals surface area contributed by atoms with Gasteiger partial charge in [0.15, 0.2) is 11.5 Å². The van der Waals surface area contributed by atoms with Crippen LogP contribution in [0.2, 0.25) is 0 Å². The molecule has 0 unspecified atom stereocenters. The van der Waals surface area contributed by atoms with E-state index in [9.17, 15) is 0 Å². The zero-order chi connectivity index (χ0) is 15.9. The lowest BCUT2D eigenvalue weighted by Gasteiger charge is -2.17. The average molecular weight is 411 g/mol. The van der Waals surface area contributed by atoms with Crippen molar-refractivity contribution in [1.29, 1.82) is 0 Å². The van der Waals surface area contributed by atoms with Gasteiger partial charge in [0.25, 0.3) is 5.89 Å². The third kappa shape index (κ3) is 3.11. The summed E-state index contributed by atoms with van der Waals surface area (Å²) >= 11 is 3.46. The summed E-state index contributed by atoms with van der Waals surface area (Å²) in [5.41, 5.74) is 7.52. The van der Waals surface area contributed by atoms with Gasteiger partial charge in [0.1, 0.15) is 0 Å². The Kier molecular flexibility index (Phi) is 4.76. The van der Waals surface area contributed by atoms with Crippen LogP contribution in [-0.2, 0) is 5.54 Å². The standard InChI is InChI=1S/C16H16BrN5O.ClH/c17-11-4-3-5-12(10-11)22-9-6-13(20-22)14-19-15(21-23-14)16(18)7-1-2-8-16;/h3-6,9-10H,1-2,7-8,18H2;1H. The van der Waals surface area contributed by atoms with E-state index in [0.29, 0.717) is 17.4 Å². The first-order chi connectivity index (χ1) is 11.1. The van der Waals surface area contributed by atoms with Gasteiger partial charge >= 0.3 is 0 Å². The van der Waals surface area contributed by atoms with Crippen molar-refractivity contribution in [3.8, 4) is 17.3 Å². The fourth-order valence-corrected chi connectivity index (χ4v) is 3.35. The molecule has 1 aliphatic rings.